The molecule has 0 saturated heterocycles. The van der Waals surface area contributed by atoms with Gasteiger partial charge in [0.1, 0.15) is 23.3 Å². The van der Waals surface area contributed by atoms with Crippen LogP contribution < -0.4 is 19.5 Å². The molecular formula is C26H33ClN2O5. The molecule has 0 radical (unpaired) electrons. The van der Waals surface area contributed by atoms with E-state index in [1.807, 2.05) is 12.1 Å². The van der Waals surface area contributed by atoms with Crippen LogP contribution in [0.1, 0.15) is 44.6 Å². The first kappa shape index (κ1) is 25.7. The molecule has 0 spiro atoms. The van der Waals surface area contributed by atoms with Crippen LogP contribution in [0.2, 0.25) is 5.02 Å². The molecule has 2 aromatic carbocycles. The molecule has 34 heavy (non-hydrogen) atoms. The summed E-state index contributed by atoms with van der Waals surface area (Å²) < 4.78 is 16.3. The fraction of sp³-hybridized carbons (Fsp3) is 0.462. The van der Waals surface area contributed by atoms with Gasteiger partial charge in [-0.05, 0) is 37.5 Å². The van der Waals surface area contributed by atoms with Gasteiger partial charge in [-0.2, -0.15) is 0 Å². The molecule has 0 aliphatic heterocycles. The number of nitrogens with one attached hydrogen (secondary N) is 1. The number of hydrogen-bond donors (Lipinski definition) is 1. The van der Waals surface area contributed by atoms with Crippen molar-refractivity contribution in [3.05, 3.63) is 53.1 Å². The summed E-state index contributed by atoms with van der Waals surface area (Å²) in [6, 6.07) is 11.8. The zero-order chi connectivity index (χ0) is 24.5. The monoisotopic (exact) mass is 488 g/mol. The largest absolute Gasteiger partial charge is 0.496 e. The van der Waals surface area contributed by atoms with Gasteiger partial charge in [0, 0.05) is 35.8 Å². The molecule has 7 nitrogen and oxygen atoms in total. The average molecular weight is 489 g/mol. The molecule has 0 bridgehead atoms. The Morgan fingerprint density at radius 3 is 2.18 bits per heavy atom. The Morgan fingerprint density at radius 2 is 1.59 bits per heavy atom. The van der Waals surface area contributed by atoms with Gasteiger partial charge in [-0.25, -0.2) is 0 Å². The van der Waals surface area contributed by atoms with E-state index in [-0.39, 0.29) is 31.0 Å². The molecule has 2 aromatic rings. The fourth-order valence-electron chi connectivity index (χ4n) is 4.03. The number of carbonyl (C=O) groups excluding carboxylic acids is 2. The number of nitrogens with zero attached hydrogens (tertiary/aromatic N) is 1. The number of benzene rings is 2. The molecule has 1 aliphatic carbocycles. The summed E-state index contributed by atoms with van der Waals surface area (Å²) in [7, 11) is 3.09. The highest BCUT2D eigenvalue weighted by Gasteiger charge is 2.28. The van der Waals surface area contributed by atoms with Crippen molar-refractivity contribution in [3.8, 4) is 17.2 Å². The Bertz CT molecular complexity index is 938. The minimum Gasteiger partial charge on any atom is -0.496 e. The van der Waals surface area contributed by atoms with Gasteiger partial charge in [0.25, 0.3) is 5.91 Å². The second kappa shape index (κ2) is 12.5. The number of rotatable bonds is 10. The molecular weight excluding hydrogens is 456 g/mol. The minimum absolute atomic E-state index is 0.155. The number of hydrogen-bond acceptors (Lipinski definition) is 5. The molecule has 1 atom stereocenters. The quantitative estimate of drug-likeness (QED) is 0.528. The molecule has 1 N–H and O–H groups in total. The van der Waals surface area contributed by atoms with Gasteiger partial charge in [-0.3, -0.25) is 9.59 Å². The van der Waals surface area contributed by atoms with Crippen LogP contribution >= 0.6 is 11.6 Å². The first-order chi connectivity index (χ1) is 16.4. The SMILES string of the molecule is COc1cc(OC)cc(OCC(=O)N(Cc2ccc(Cl)cc2)C(C)C(=O)NC2CCCCC2)c1. The Kier molecular flexibility index (Phi) is 9.45. The fourth-order valence-corrected chi connectivity index (χ4v) is 4.16. The summed E-state index contributed by atoms with van der Waals surface area (Å²) in [5.74, 6) is 1.09. The van der Waals surface area contributed by atoms with Crippen molar-refractivity contribution in [3.63, 3.8) is 0 Å². The second-order valence-corrected chi connectivity index (χ2v) is 8.94. The van der Waals surface area contributed by atoms with Crippen molar-refractivity contribution >= 4 is 23.4 Å². The normalized spacial score (nSPS) is 14.7. The van der Waals surface area contributed by atoms with Gasteiger partial charge in [-0.1, -0.05) is 43.0 Å². The molecule has 1 unspecified atom stereocenters. The minimum atomic E-state index is -0.659. The number of amides is 2. The third-order valence-electron chi connectivity index (χ3n) is 6.07. The van der Waals surface area contributed by atoms with E-state index >= 15 is 0 Å². The third kappa shape index (κ3) is 7.29. The summed E-state index contributed by atoms with van der Waals surface area (Å²) in [4.78, 5) is 27.9. The van der Waals surface area contributed by atoms with Crippen LogP contribution in [0.15, 0.2) is 42.5 Å². The van der Waals surface area contributed by atoms with Crippen molar-refractivity contribution in [2.75, 3.05) is 20.8 Å². The molecule has 1 aliphatic rings. The molecule has 3 rings (SSSR count). The third-order valence-corrected chi connectivity index (χ3v) is 6.32. The van der Waals surface area contributed by atoms with E-state index in [4.69, 9.17) is 25.8 Å². The van der Waals surface area contributed by atoms with E-state index in [1.54, 1.807) is 56.4 Å². The summed E-state index contributed by atoms with van der Waals surface area (Å²) in [6.45, 7) is 1.78. The van der Waals surface area contributed by atoms with Crippen molar-refractivity contribution < 1.29 is 23.8 Å². The Labute approximate surface area is 206 Å². The lowest BCUT2D eigenvalue weighted by Gasteiger charge is -2.31. The maximum Gasteiger partial charge on any atom is 0.261 e. The highest BCUT2D eigenvalue weighted by Crippen LogP contribution is 2.27. The zero-order valence-corrected chi connectivity index (χ0v) is 20.8. The maximum absolute atomic E-state index is 13.3. The number of carbonyl (C=O) groups is 2. The Balaban J connectivity index is 1.73. The van der Waals surface area contributed by atoms with Gasteiger partial charge < -0.3 is 24.4 Å². The molecule has 0 heterocycles. The topological polar surface area (TPSA) is 77.1 Å². The lowest BCUT2D eigenvalue weighted by Crippen LogP contribution is -2.51. The Morgan fingerprint density at radius 1 is 1.00 bits per heavy atom. The van der Waals surface area contributed by atoms with Crippen molar-refractivity contribution in [2.45, 2.75) is 57.7 Å². The predicted molar refractivity (Wildman–Crippen MR) is 132 cm³/mol. The van der Waals surface area contributed by atoms with E-state index in [0.29, 0.717) is 22.3 Å². The standard InChI is InChI=1S/C26H33ClN2O5/c1-18(26(31)28-21-7-5-4-6-8-21)29(16-19-9-11-20(27)12-10-19)25(30)17-34-24-14-22(32-2)13-23(15-24)33-3/h9-15,18,21H,4-8,16-17H2,1-3H3,(H,28,31). The molecule has 1 fully saturated rings. The van der Waals surface area contributed by atoms with E-state index in [2.05, 4.69) is 5.32 Å². The van der Waals surface area contributed by atoms with Crippen LogP contribution in [-0.4, -0.2) is 49.6 Å². The summed E-state index contributed by atoms with van der Waals surface area (Å²) in [5, 5.41) is 3.74. The van der Waals surface area contributed by atoms with Crippen LogP contribution in [0.25, 0.3) is 0 Å². The van der Waals surface area contributed by atoms with Crippen molar-refractivity contribution in [1.29, 1.82) is 0 Å². The molecule has 0 aromatic heterocycles. The van der Waals surface area contributed by atoms with Crippen LogP contribution in [0, 0.1) is 0 Å². The van der Waals surface area contributed by atoms with Gasteiger partial charge in [0.05, 0.1) is 14.2 Å². The van der Waals surface area contributed by atoms with Gasteiger partial charge in [-0.15, -0.1) is 0 Å². The van der Waals surface area contributed by atoms with Gasteiger partial charge in [0.15, 0.2) is 6.61 Å². The lowest BCUT2D eigenvalue weighted by atomic mass is 9.95. The van der Waals surface area contributed by atoms with E-state index in [0.717, 1.165) is 31.2 Å². The first-order valence-corrected chi connectivity index (χ1v) is 12.0. The number of ether oxygens (including phenoxy) is 3. The number of halogens is 1. The highest BCUT2D eigenvalue weighted by molar-refractivity contribution is 6.30. The van der Waals surface area contributed by atoms with Crippen LogP contribution in [0.5, 0.6) is 17.2 Å². The van der Waals surface area contributed by atoms with Crippen molar-refractivity contribution in [2.24, 2.45) is 0 Å². The average Bonchev–Trinajstić information content (AvgIpc) is 2.86. The van der Waals surface area contributed by atoms with Gasteiger partial charge >= 0.3 is 0 Å². The molecule has 1 saturated carbocycles. The van der Waals surface area contributed by atoms with E-state index in [1.165, 1.54) is 6.42 Å². The van der Waals surface area contributed by atoms with Crippen LogP contribution in [-0.2, 0) is 16.1 Å². The zero-order valence-electron chi connectivity index (χ0n) is 20.0. The van der Waals surface area contributed by atoms with Crippen LogP contribution in [0.3, 0.4) is 0 Å². The molecule has 2 amide bonds. The van der Waals surface area contributed by atoms with Gasteiger partial charge in [0.2, 0.25) is 5.91 Å². The maximum atomic E-state index is 13.3. The Hall–Kier alpha value is -2.93. The predicted octanol–water partition coefficient (Wildman–Crippen LogP) is 4.60. The summed E-state index contributed by atoms with van der Waals surface area (Å²) >= 11 is 6.01. The smallest absolute Gasteiger partial charge is 0.261 e. The second-order valence-electron chi connectivity index (χ2n) is 8.50. The molecule has 8 heteroatoms. The molecule has 184 valence electrons. The van der Waals surface area contributed by atoms with E-state index < -0.39 is 6.04 Å². The summed E-state index contributed by atoms with van der Waals surface area (Å²) in [5.41, 5.74) is 0.873. The summed E-state index contributed by atoms with van der Waals surface area (Å²) in [6.07, 6.45) is 5.39. The van der Waals surface area contributed by atoms with Crippen molar-refractivity contribution in [1.82, 2.24) is 10.2 Å². The highest BCUT2D eigenvalue weighted by atomic mass is 35.5. The van der Waals surface area contributed by atoms with Crippen LogP contribution in [0.4, 0.5) is 0 Å². The lowest BCUT2D eigenvalue weighted by molar-refractivity contribution is -0.142. The van der Waals surface area contributed by atoms with E-state index in [9.17, 15) is 9.59 Å². The number of methoxy groups -OCH3 is 2. The first-order valence-electron chi connectivity index (χ1n) is 11.6.